The first-order valence-electron chi connectivity index (χ1n) is 15.9. The lowest BCUT2D eigenvalue weighted by atomic mass is 9.34. The van der Waals surface area contributed by atoms with Gasteiger partial charge in [-0.25, -0.2) is 0 Å². The zero-order chi connectivity index (χ0) is 29.4. The van der Waals surface area contributed by atoms with Crippen LogP contribution in [-0.4, -0.2) is 21.8 Å². The number of hydrogen-bond acceptors (Lipinski definition) is 6. The van der Waals surface area contributed by atoms with Gasteiger partial charge in [0.1, 0.15) is 6.07 Å². The lowest BCUT2D eigenvalue weighted by molar-refractivity contribution is -0.166. The summed E-state index contributed by atoms with van der Waals surface area (Å²) < 4.78 is 6.30. The van der Waals surface area contributed by atoms with Crippen LogP contribution in [0.25, 0.3) is 0 Å². The Bertz CT molecular complexity index is 1470. The van der Waals surface area contributed by atoms with Gasteiger partial charge in [-0.15, -0.1) is 10.2 Å². The van der Waals surface area contributed by atoms with E-state index in [9.17, 15) is 14.9 Å². The molecule has 6 aliphatic rings. The Morgan fingerprint density at radius 2 is 1.63 bits per heavy atom. The maximum Gasteiger partial charge on any atom is 0.222 e. The molecule has 6 nitrogen and oxygen atoms in total. The smallest absolute Gasteiger partial charge is 0.222 e. The summed E-state index contributed by atoms with van der Waals surface area (Å²) in [6.45, 7) is 15.7. The molecule has 8 atom stereocenters. The fourth-order valence-electron chi connectivity index (χ4n) is 10.9. The van der Waals surface area contributed by atoms with Crippen LogP contribution in [0, 0.1) is 56.2 Å². The number of hydrogen-bond donors (Lipinski definition) is 0. The number of nitriles is 1. The molecule has 41 heavy (non-hydrogen) atoms. The number of carbonyl (C=O) groups is 2. The molecular formula is C35H45N3O3. The fraction of sp³-hybridized carbons (Fsp3) is 0.743. The van der Waals surface area contributed by atoms with E-state index in [1.165, 1.54) is 0 Å². The minimum absolute atomic E-state index is 0.0568. The van der Waals surface area contributed by atoms with Gasteiger partial charge in [-0.05, 0) is 91.9 Å². The third-order valence-corrected chi connectivity index (χ3v) is 14.0. The first kappa shape index (κ1) is 27.3. The highest BCUT2D eigenvalue weighted by molar-refractivity contribution is 6.04. The lowest BCUT2D eigenvalue weighted by Crippen LogP contribution is -2.64. The van der Waals surface area contributed by atoms with Gasteiger partial charge < -0.3 is 4.42 Å². The number of nitrogens with zero attached hydrogens (tertiary/aromatic N) is 3. The second-order valence-corrected chi connectivity index (χ2v) is 16.5. The number of fused-ring (bicyclic) bond motifs is 7. The number of carbonyl (C=O) groups excluding carboxylic acids is 2. The van der Waals surface area contributed by atoms with Crippen LogP contribution in [0.15, 0.2) is 27.7 Å². The molecule has 0 aliphatic heterocycles. The van der Waals surface area contributed by atoms with Crippen LogP contribution in [0.5, 0.6) is 0 Å². The predicted molar refractivity (Wildman–Crippen MR) is 154 cm³/mol. The summed E-state index contributed by atoms with van der Waals surface area (Å²) in [5, 5.41) is 18.9. The average molecular weight is 556 g/mol. The van der Waals surface area contributed by atoms with Crippen molar-refractivity contribution in [2.75, 3.05) is 0 Å². The highest BCUT2D eigenvalue weighted by atomic mass is 16.4. The zero-order valence-electron chi connectivity index (χ0n) is 25.9. The number of ketones is 2. The van der Waals surface area contributed by atoms with Crippen LogP contribution < -0.4 is 0 Å². The maximum atomic E-state index is 14.6. The van der Waals surface area contributed by atoms with Gasteiger partial charge in [0.15, 0.2) is 11.6 Å². The van der Waals surface area contributed by atoms with Crippen molar-refractivity contribution in [2.45, 2.75) is 118 Å². The van der Waals surface area contributed by atoms with Crippen molar-refractivity contribution in [3.8, 4) is 6.07 Å². The molecule has 4 fully saturated rings. The van der Waals surface area contributed by atoms with E-state index in [2.05, 4.69) is 50.9 Å². The van der Waals surface area contributed by atoms with Gasteiger partial charge in [-0.3, -0.25) is 9.59 Å². The Kier molecular flexibility index (Phi) is 5.38. The van der Waals surface area contributed by atoms with Gasteiger partial charge in [0.2, 0.25) is 11.8 Å². The van der Waals surface area contributed by atoms with Gasteiger partial charge in [0.05, 0.1) is 5.57 Å². The molecule has 0 N–H and O–H groups in total. The first-order valence-corrected chi connectivity index (χ1v) is 15.9. The normalized spacial score (nSPS) is 46.7. The lowest BCUT2D eigenvalue weighted by Gasteiger charge is -2.69. The second-order valence-electron chi connectivity index (χ2n) is 16.5. The van der Waals surface area contributed by atoms with Crippen molar-refractivity contribution in [1.29, 1.82) is 5.26 Å². The number of rotatable bonds is 2. The highest BCUT2D eigenvalue weighted by Gasteiger charge is 2.69. The Morgan fingerprint density at radius 1 is 0.927 bits per heavy atom. The summed E-state index contributed by atoms with van der Waals surface area (Å²) in [5.74, 6) is 2.40. The Morgan fingerprint density at radius 3 is 2.32 bits per heavy atom. The number of allylic oxidation sites excluding steroid dienone is 4. The number of Topliss-reactive ketones (excluding diaryl/α,β-unsaturated/α-hetero) is 1. The summed E-state index contributed by atoms with van der Waals surface area (Å²) in [6.07, 6.45) is 13.2. The van der Waals surface area contributed by atoms with E-state index < -0.39 is 10.8 Å². The van der Waals surface area contributed by atoms with Gasteiger partial charge in [-0.2, -0.15) is 5.26 Å². The third kappa shape index (κ3) is 3.35. The molecule has 0 bridgehead atoms. The van der Waals surface area contributed by atoms with Gasteiger partial charge in [0.25, 0.3) is 0 Å². The first-order chi connectivity index (χ1) is 19.1. The summed E-state index contributed by atoms with van der Waals surface area (Å²) in [6, 6.07) is 2.21. The molecule has 1 aromatic heterocycles. The molecular weight excluding hydrogens is 510 g/mol. The van der Waals surface area contributed by atoms with Crippen LogP contribution in [0.3, 0.4) is 0 Å². The summed E-state index contributed by atoms with van der Waals surface area (Å²) in [4.78, 5) is 27.9. The predicted octanol–water partition coefficient (Wildman–Crippen LogP) is 7.42. The van der Waals surface area contributed by atoms with Crippen LogP contribution >= 0.6 is 0 Å². The molecule has 7 rings (SSSR count). The van der Waals surface area contributed by atoms with E-state index in [4.69, 9.17) is 4.42 Å². The molecule has 0 spiro atoms. The van der Waals surface area contributed by atoms with Crippen LogP contribution in [0.1, 0.15) is 124 Å². The van der Waals surface area contributed by atoms with Crippen molar-refractivity contribution in [3.05, 3.63) is 35.1 Å². The Hall–Kier alpha value is -2.55. The highest BCUT2D eigenvalue weighted by Crippen LogP contribution is 2.74. The van der Waals surface area contributed by atoms with E-state index in [1.807, 2.05) is 26.0 Å². The van der Waals surface area contributed by atoms with Crippen molar-refractivity contribution >= 4 is 11.6 Å². The summed E-state index contributed by atoms with van der Waals surface area (Å²) in [7, 11) is 0. The van der Waals surface area contributed by atoms with E-state index in [1.54, 1.807) is 0 Å². The molecule has 0 radical (unpaired) electrons. The van der Waals surface area contributed by atoms with Gasteiger partial charge in [0, 0.05) is 28.1 Å². The Balaban J connectivity index is 1.32. The minimum Gasteiger partial charge on any atom is -0.424 e. The van der Waals surface area contributed by atoms with Crippen LogP contribution in [0.2, 0.25) is 0 Å². The van der Waals surface area contributed by atoms with Crippen molar-refractivity contribution < 1.29 is 14.0 Å². The molecule has 4 saturated carbocycles. The van der Waals surface area contributed by atoms with E-state index >= 15 is 0 Å². The molecule has 1 aromatic rings. The van der Waals surface area contributed by atoms with E-state index in [0.29, 0.717) is 5.92 Å². The summed E-state index contributed by atoms with van der Waals surface area (Å²) in [5.41, 5.74) is -0.242. The van der Waals surface area contributed by atoms with E-state index in [-0.39, 0.29) is 56.6 Å². The Labute approximate surface area is 244 Å². The molecule has 0 unspecified atom stereocenters. The molecule has 218 valence electrons. The minimum atomic E-state index is -0.642. The van der Waals surface area contributed by atoms with Crippen molar-refractivity contribution in [1.82, 2.24) is 10.2 Å². The molecule has 0 saturated heterocycles. The fourth-order valence-corrected chi connectivity index (χ4v) is 10.9. The second kappa shape index (κ2) is 8.08. The van der Waals surface area contributed by atoms with Gasteiger partial charge in [-0.1, -0.05) is 60.1 Å². The average Bonchev–Trinajstić information content (AvgIpc) is 3.64. The number of aromatic nitrogens is 2. The van der Waals surface area contributed by atoms with Crippen LogP contribution in [0.4, 0.5) is 0 Å². The largest absolute Gasteiger partial charge is 0.424 e. The van der Waals surface area contributed by atoms with Crippen molar-refractivity contribution in [3.63, 3.8) is 0 Å². The molecule has 6 heteroatoms. The SMILES string of the molecule is CC1(C)C(=O)C(C#N)=C[C@]2(C)C3=CC(=O)[C@@H]4[C@@H]5C[C@@](C)(c6nnc(C7CC7)o6)CC[C@]5(C)CC[C@@]4(C)[C@]3(C)CC[C@@H]12. The molecule has 6 aliphatic carbocycles. The van der Waals surface area contributed by atoms with Crippen LogP contribution in [-0.2, 0) is 15.0 Å². The third-order valence-electron chi connectivity index (χ3n) is 14.0. The quantitative estimate of drug-likeness (QED) is 0.377. The van der Waals surface area contributed by atoms with Crippen molar-refractivity contribution in [2.24, 2.45) is 44.8 Å². The topological polar surface area (TPSA) is 96.8 Å². The van der Waals surface area contributed by atoms with Gasteiger partial charge >= 0.3 is 0 Å². The summed E-state index contributed by atoms with van der Waals surface area (Å²) >= 11 is 0. The monoisotopic (exact) mass is 555 g/mol. The molecule has 0 aromatic carbocycles. The van der Waals surface area contributed by atoms with E-state index in [0.717, 1.165) is 75.1 Å². The molecule has 1 heterocycles. The zero-order valence-corrected chi connectivity index (χ0v) is 25.9. The standard InChI is InChI=1S/C35H45N3O3/c1-30(2)24-10-11-34(6)25(33(24,5)17-21(19-36)27(30)40)16-23(39)26-22-18-32(4,29-38-37-28(41-29)20-8-9-20)13-12-31(22,3)14-15-35(26,34)7/h16-17,20,22,24,26H,8-15,18H2,1-7H3/t22-,24-,26-,31+,32-,33-,34+,35+/m0/s1. The molecule has 0 amide bonds. The maximum absolute atomic E-state index is 14.6.